The van der Waals surface area contributed by atoms with Crippen molar-refractivity contribution in [1.82, 2.24) is 24.7 Å². The molecule has 140 valence electrons. The largest absolute Gasteiger partial charge is 0.352 e. The van der Waals surface area contributed by atoms with Gasteiger partial charge in [-0.2, -0.15) is 5.10 Å². The molecule has 4 heterocycles. The van der Waals surface area contributed by atoms with Gasteiger partial charge in [0.25, 0.3) is 5.56 Å². The highest BCUT2D eigenvalue weighted by Crippen LogP contribution is 2.26. The van der Waals surface area contributed by atoms with Crippen molar-refractivity contribution in [2.75, 3.05) is 11.4 Å². The smallest absolute Gasteiger partial charge is 0.266 e. The van der Waals surface area contributed by atoms with Gasteiger partial charge in [-0.3, -0.25) is 9.78 Å². The van der Waals surface area contributed by atoms with Crippen molar-refractivity contribution in [2.24, 2.45) is 0 Å². The summed E-state index contributed by atoms with van der Waals surface area (Å²) in [5, 5.41) is 4.62. The topological polar surface area (TPSA) is 76.8 Å². The quantitative estimate of drug-likeness (QED) is 0.711. The van der Waals surface area contributed by atoms with Gasteiger partial charge < -0.3 is 4.90 Å². The molecule has 0 spiro atoms. The first-order valence-corrected chi connectivity index (χ1v) is 9.35. The Morgan fingerprint density at radius 1 is 1.11 bits per heavy atom. The first-order chi connectivity index (χ1) is 12.9. The van der Waals surface area contributed by atoms with Crippen molar-refractivity contribution in [3.05, 3.63) is 52.7 Å². The fourth-order valence-electron chi connectivity index (χ4n) is 3.51. The van der Waals surface area contributed by atoms with Crippen LogP contribution in [0.4, 0.5) is 5.82 Å². The summed E-state index contributed by atoms with van der Waals surface area (Å²) in [7, 11) is 0. The van der Waals surface area contributed by atoms with Gasteiger partial charge in [-0.15, -0.1) is 0 Å². The van der Waals surface area contributed by atoms with Gasteiger partial charge in [0, 0.05) is 30.4 Å². The Kier molecular flexibility index (Phi) is 4.37. The SMILES string of the molecule is CC(C)(C)c1ccc(=O)n(CC2CCCN2c2ccc3nccnc3n2)n1. The molecule has 3 aromatic heterocycles. The Morgan fingerprint density at radius 2 is 1.93 bits per heavy atom. The number of anilines is 1. The summed E-state index contributed by atoms with van der Waals surface area (Å²) in [4.78, 5) is 27.9. The van der Waals surface area contributed by atoms with Gasteiger partial charge in [-0.05, 0) is 31.0 Å². The van der Waals surface area contributed by atoms with Gasteiger partial charge in [0.1, 0.15) is 11.3 Å². The van der Waals surface area contributed by atoms with Crippen LogP contribution in [0.5, 0.6) is 0 Å². The van der Waals surface area contributed by atoms with Gasteiger partial charge in [0.05, 0.1) is 18.3 Å². The van der Waals surface area contributed by atoms with Crippen LogP contribution in [-0.2, 0) is 12.0 Å². The van der Waals surface area contributed by atoms with Crippen molar-refractivity contribution in [1.29, 1.82) is 0 Å². The molecule has 1 fully saturated rings. The van der Waals surface area contributed by atoms with Crippen LogP contribution in [-0.4, -0.2) is 37.3 Å². The molecule has 4 rings (SSSR count). The van der Waals surface area contributed by atoms with Crippen molar-refractivity contribution in [3.63, 3.8) is 0 Å². The molecular weight excluding hydrogens is 340 g/mol. The molecule has 0 amide bonds. The molecule has 1 atom stereocenters. The Morgan fingerprint density at radius 3 is 2.74 bits per heavy atom. The monoisotopic (exact) mass is 364 g/mol. The number of hydrogen-bond acceptors (Lipinski definition) is 6. The first-order valence-electron chi connectivity index (χ1n) is 9.35. The number of rotatable bonds is 3. The summed E-state index contributed by atoms with van der Waals surface area (Å²) in [6.45, 7) is 7.78. The number of aromatic nitrogens is 5. The minimum atomic E-state index is -0.0939. The zero-order chi connectivity index (χ0) is 19.0. The maximum atomic E-state index is 12.4. The first kappa shape index (κ1) is 17.6. The molecule has 0 radical (unpaired) electrons. The van der Waals surface area contributed by atoms with Crippen LogP contribution in [0.15, 0.2) is 41.5 Å². The van der Waals surface area contributed by atoms with Gasteiger partial charge in [0.15, 0.2) is 5.65 Å². The minimum Gasteiger partial charge on any atom is -0.352 e. The number of pyridine rings is 1. The fraction of sp³-hybridized carbons (Fsp3) is 0.450. The molecule has 7 nitrogen and oxygen atoms in total. The lowest BCUT2D eigenvalue weighted by atomic mass is 9.92. The molecule has 1 aliphatic heterocycles. The molecule has 0 bridgehead atoms. The van der Waals surface area contributed by atoms with Crippen LogP contribution in [0.2, 0.25) is 0 Å². The lowest BCUT2D eigenvalue weighted by Crippen LogP contribution is -2.38. The maximum absolute atomic E-state index is 12.4. The average Bonchev–Trinajstić information content (AvgIpc) is 3.10. The van der Waals surface area contributed by atoms with E-state index in [1.807, 2.05) is 18.2 Å². The van der Waals surface area contributed by atoms with Gasteiger partial charge in [-0.1, -0.05) is 20.8 Å². The molecule has 0 saturated carbocycles. The molecule has 0 aliphatic carbocycles. The Labute approximate surface area is 158 Å². The van der Waals surface area contributed by atoms with Crippen LogP contribution in [0, 0.1) is 0 Å². The Bertz CT molecular complexity index is 1020. The second-order valence-electron chi connectivity index (χ2n) is 8.05. The van der Waals surface area contributed by atoms with E-state index in [2.05, 4.69) is 45.7 Å². The van der Waals surface area contributed by atoms with Gasteiger partial charge >= 0.3 is 0 Å². The maximum Gasteiger partial charge on any atom is 0.266 e. The third-order valence-corrected chi connectivity index (χ3v) is 5.01. The number of hydrogen-bond donors (Lipinski definition) is 0. The van der Waals surface area contributed by atoms with Crippen LogP contribution >= 0.6 is 0 Å². The van der Waals surface area contributed by atoms with Gasteiger partial charge in [0.2, 0.25) is 0 Å². The molecule has 3 aromatic rings. The number of fused-ring (bicyclic) bond motifs is 1. The zero-order valence-electron chi connectivity index (χ0n) is 16.0. The van der Waals surface area contributed by atoms with E-state index in [1.165, 1.54) is 0 Å². The van der Waals surface area contributed by atoms with Crippen LogP contribution in [0.1, 0.15) is 39.3 Å². The summed E-state index contributed by atoms with van der Waals surface area (Å²) in [6, 6.07) is 7.57. The summed E-state index contributed by atoms with van der Waals surface area (Å²) >= 11 is 0. The predicted octanol–water partition coefficient (Wildman–Crippen LogP) is 2.55. The molecule has 0 N–H and O–H groups in total. The second-order valence-corrected chi connectivity index (χ2v) is 8.05. The molecule has 7 heteroatoms. The van der Waals surface area contributed by atoms with E-state index in [1.54, 1.807) is 23.1 Å². The molecular formula is C20H24N6O. The standard InChI is InChI=1S/C20H24N6O/c1-20(2,3)16-7-9-18(27)26(24-16)13-14-5-4-12-25(14)17-8-6-15-19(23-17)22-11-10-21-15/h6-11,14H,4-5,12-13H2,1-3H3. The lowest BCUT2D eigenvalue weighted by Gasteiger charge is -2.26. The van der Waals surface area contributed by atoms with Crippen molar-refractivity contribution < 1.29 is 0 Å². The van der Waals surface area contributed by atoms with E-state index in [0.29, 0.717) is 12.2 Å². The summed E-state index contributed by atoms with van der Waals surface area (Å²) in [5.74, 6) is 0.880. The second kappa shape index (κ2) is 6.72. The van der Waals surface area contributed by atoms with Crippen LogP contribution < -0.4 is 10.5 Å². The normalized spacial score (nSPS) is 17.6. The zero-order valence-corrected chi connectivity index (χ0v) is 16.0. The highest BCUT2D eigenvalue weighted by atomic mass is 16.1. The van der Waals surface area contributed by atoms with Crippen molar-refractivity contribution in [3.8, 4) is 0 Å². The van der Waals surface area contributed by atoms with E-state index in [4.69, 9.17) is 0 Å². The number of nitrogens with zero attached hydrogens (tertiary/aromatic N) is 6. The molecule has 27 heavy (non-hydrogen) atoms. The van der Waals surface area contributed by atoms with Crippen molar-refractivity contribution in [2.45, 2.75) is 51.6 Å². The van der Waals surface area contributed by atoms with E-state index in [-0.39, 0.29) is 17.0 Å². The lowest BCUT2D eigenvalue weighted by molar-refractivity contribution is 0.456. The van der Waals surface area contributed by atoms with E-state index < -0.39 is 0 Å². The highest BCUT2D eigenvalue weighted by molar-refractivity contribution is 5.71. The third kappa shape index (κ3) is 3.54. The molecule has 1 unspecified atom stereocenters. The highest BCUT2D eigenvalue weighted by Gasteiger charge is 2.27. The summed E-state index contributed by atoms with van der Waals surface area (Å²) in [6.07, 6.45) is 5.40. The predicted molar refractivity (Wildman–Crippen MR) is 105 cm³/mol. The van der Waals surface area contributed by atoms with E-state index in [0.717, 1.165) is 36.4 Å². The molecule has 1 aliphatic rings. The summed E-state index contributed by atoms with van der Waals surface area (Å²) < 4.78 is 1.60. The Hall–Kier alpha value is -2.83. The molecule has 1 saturated heterocycles. The Balaban J connectivity index is 1.63. The van der Waals surface area contributed by atoms with Crippen LogP contribution in [0.3, 0.4) is 0 Å². The third-order valence-electron chi connectivity index (χ3n) is 5.01. The molecule has 0 aromatic carbocycles. The van der Waals surface area contributed by atoms with Gasteiger partial charge in [-0.25, -0.2) is 14.6 Å². The van der Waals surface area contributed by atoms with E-state index >= 15 is 0 Å². The summed E-state index contributed by atoms with van der Waals surface area (Å²) in [5.41, 5.74) is 2.19. The van der Waals surface area contributed by atoms with Crippen molar-refractivity contribution >= 4 is 17.0 Å². The average molecular weight is 364 g/mol. The fourth-order valence-corrected chi connectivity index (χ4v) is 3.51. The van der Waals surface area contributed by atoms with E-state index in [9.17, 15) is 4.79 Å². The van der Waals surface area contributed by atoms with Crippen LogP contribution in [0.25, 0.3) is 11.2 Å². The minimum absolute atomic E-state index is 0.0628.